The Morgan fingerprint density at radius 1 is 1.33 bits per heavy atom. The summed E-state index contributed by atoms with van der Waals surface area (Å²) in [5.74, 6) is 1.35. The number of carbonyl (C=O) groups is 1. The summed E-state index contributed by atoms with van der Waals surface area (Å²) in [4.78, 5) is 15.4. The van der Waals surface area contributed by atoms with Crippen LogP contribution in [-0.2, 0) is 6.61 Å². The van der Waals surface area contributed by atoms with Gasteiger partial charge in [0.1, 0.15) is 18.1 Å². The van der Waals surface area contributed by atoms with E-state index in [1.54, 1.807) is 25.4 Å². The summed E-state index contributed by atoms with van der Waals surface area (Å²) in [5, 5.41) is 0. The monoisotopic (exact) mass is 349 g/mol. The number of aryl methyl sites for hydroxylation is 1. The molecule has 0 unspecified atom stereocenters. The zero-order valence-corrected chi connectivity index (χ0v) is 13.7. The summed E-state index contributed by atoms with van der Waals surface area (Å²) < 4.78 is 11.9. The molecule has 2 aromatic rings. The largest absolute Gasteiger partial charge is 0.496 e. The van der Waals surface area contributed by atoms with Crippen molar-refractivity contribution in [1.29, 1.82) is 0 Å². The van der Waals surface area contributed by atoms with Crippen LogP contribution < -0.4 is 9.47 Å². The molecule has 0 fully saturated rings. The minimum atomic E-state index is 0.283. The van der Waals surface area contributed by atoms with E-state index in [9.17, 15) is 4.79 Å². The van der Waals surface area contributed by atoms with Crippen molar-refractivity contribution in [3.8, 4) is 11.5 Å². The fraction of sp³-hybridized carbons (Fsp3) is 0.250. The first-order valence-electron chi connectivity index (χ1n) is 6.43. The van der Waals surface area contributed by atoms with Gasteiger partial charge in [-0.1, -0.05) is 15.9 Å². The van der Waals surface area contributed by atoms with Gasteiger partial charge in [-0.05, 0) is 32.0 Å². The molecule has 0 aliphatic carbocycles. The van der Waals surface area contributed by atoms with Gasteiger partial charge in [0.05, 0.1) is 18.4 Å². The topological polar surface area (TPSA) is 48.4 Å². The first kappa shape index (κ1) is 15.5. The van der Waals surface area contributed by atoms with Gasteiger partial charge in [-0.15, -0.1) is 0 Å². The number of rotatable bonds is 5. The second kappa shape index (κ2) is 6.72. The van der Waals surface area contributed by atoms with Crippen molar-refractivity contribution in [2.24, 2.45) is 0 Å². The Bertz CT molecular complexity index is 671. The maximum absolute atomic E-state index is 11.1. The minimum absolute atomic E-state index is 0.283. The highest BCUT2D eigenvalue weighted by molar-refractivity contribution is 9.10. The smallest absolute Gasteiger partial charge is 0.153 e. The molecule has 1 aromatic carbocycles. The van der Waals surface area contributed by atoms with Crippen LogP contribution in [0.5, 0.6) is 11.5 Å². The first-order chi connectivity index (χ1) is 10.1. The molecule has 2 rings (SSSR count). The number of hydrogen-bond donors (Lipinski definition) is 0. The molecular formula is C16H16BrNO3. The number of nitrogens with zero attached hydrogens (tertiary/aromatic N) is 1. The quantitative estimate of drug-likeness (QED) is 0.769. The van der Waals surface area contributed by atoms with Crippen LogP contribution in [0.3, 0.4) is 0 Å². The third-order valence-corrected chi connectivity index (χ3v) is 3.71. The third-order valence-electron chi connectivity index (χ3n) is 3.21. The lowest BCUT2D eigenvalue weighted by Crippen LogP contribution is -2.05. The van der Waals surface area contributed by atoms with Crippen molar-refractivity contribution in [1.82, 2.24) is 4.98 Å². The van der Waals surface area contributed by atoms with Gasteiger partial charge in [0.2, 0.25) is 0 Å². The second-order valence-electron chi connectivity index (χ2n) is 4.63. The van der Waals surface area contributed by atoms with E-state index in [4.69, 9.17) is 9.47 Å². The summed E-state index contributed by atoms with van der Waals surface area (Å²) in [6, 6.07) is 5.31. The Balaban J connectivity index is 2.23. The van der Waals surface area contributed by atoms with E-state index >= 15 is 0 Å². The highest BCUT2D eigenvalue weighted by Gasteiger charge is 2.11. The van der Waals surface area contributed by atoms with Gasteiger partial charge in [0.15, 0.2) is 6.29 Å². The molecule has 5 heteroatoms. The predicted molar refractivity (Wildman–Crippen MR) is 84.1 cm³/mol. The van der Waals surface area contributed by atoms with Crippen LogP contribution in [0.2, 0.25) is 0 Å². The zero-order chi connectivity index (χ0) is 15.4. The van der Waals surface area contributed by atoms with E-state index in [2.05, 4.69) is 20.9 Å². The number of aromatic nitrogens is 1. The lowest BCUT2D eigenvalue weighted by molar-refractivity contribution is 0.111. The molecule has 0 amide bonds. The van der Waals surface area contributed by atoms with Gasteiger partial charge in [-0.3, -0.25) is 9.78 Å². The summed E-state index contributed by atoms with van der Waals surface area (Å²) in [6.45, 7) is 4.17. The molecule has 0 aliphatic rings. The number of aldehydes is 1. The van der Waals surface area contributed by atoms with Crippen molar-refractivity contribution in [2.45, 2.75) is 20.5 Å². The molecule has 0 saturated carbocycles. The number of hydrogen-bond acceptors (Lipinski definition) is 4. The van der Waals surface area contributed by atoms with Gasteiger partial charge >= 0.3 is 0 Å². The fourth-order valence-electron chi connectivity index (χ4n) is 2.11. The van der Waals surface area contributed by atoms with Crippen molar-refractivity contribution in [3.05, 3.63) is 51.3 Å². The predicted octanol–water partition coefficient (Wildman–Crippen LogP) is 3.86. The van der Waals surface area contributed by atoms with E-state index in [0.29, 0.717) is 11.3 Å². The van der Waals surface area contributed by atoms with Crippen LogP contribution in [0, 0.1) is 13.8 Å². The number of halogens is 1. The van der Waals surface area contributed by atoms with Crippen molar-refractivity contribution in [3.63, 3.8) is 0 Å². The van der Waals surface area contributed by atoms with Gasteiger partial charge in [0.25, 0.3) is 0 Å². The number of benzene rings is 1. The van der Waals surface area contributed by atoms with Crippen molar-refractivity contribution < 1.29 is 14.3 Å². The van der Waals surface area contributed by atoms with E-state index in [1.165, 1.54) is 0 Å². The molecule has 4 nitrogen and oxygen atoms in total. The summed E-state index contributed by atoms with van der Waals surface area (Å²) in [6.07, 6.45) is 2.53. The van der Waals surface area contributed by atoms with Gasteiger partial charge in [-0.25, -0.2) is 0 Å². The van der Waals surface area contributed by atoms with Gasteiger partial charge in [0, 0.05) is 21.8 Å². The molecule has 1 aromatic heterocycles. The zero-order valence-electron chi connectivity index (χ0n) is 12.1. The fourth-order valence-corrected chi connectivity index (χ4v) is 2.48. The number of methoxy groups -OCH3 is 1. The maximum Gasteiger partial charge on any atom is 0.153 e. The van der Waals surface area contributed by atoms with Crippen molar-refractivity contribution >= 4 is 22.2 Å². The van der Waals surface area contributed by atoms with Crippen LogP contribution in [0.4, 0.5) is 0 Å². The second-order valence-corrected chi connectivity index (χ2v) is 5.55. The Hall–Kier alpha value is -1.88. The molecule has 0 atom stereocenters. The Morgan fingerprint density at radius 2 is 2.10 bits per heavy atom. The Labute approximate surface area is 132 Å². The normalized spacial score (nSPS) is 10.3. The van der Waals surface area contributed by atoms with Gasteiger partial charge < -0.3 is 9.47 Å². The van der Waals surface area contributed by atoms with E-state index < -0.39 is 0 Å². The highest BCUT2D eigenvalue weighted by Crippen LogP contribution is 2.26. The molecule has 0 bridgehead atoms. The molecule has 0 saturated heterocycles. The summed E-state index contributed by atoms with van der Waals surface area (Å²) in [7, 11) is 1.64. The van der Waals surface area contributed by atoms with Crippen LogP contribution in [0.1, 0.15) is 27.2 Å². The summed E-state index contributed by atoms with van der Waals surface area (Å²) >= 11 is 3.33. The number of carbonyl (C=O) groups excluding carboxylic acids is 1. The number of pyridine rings is 1. The molecule has 0 aliphatic heterocycles. The average molecular weight is 350 g/mol. The lowest BCUT2D eigenvalue weighted by Gasteiger charge is -2.13. The van der Waals surface area contributed by atoms with Crippen LogP contribution in [0.15, 0.2) is 28.9 Å². The van der Waals surface area contributed by atoms with E-state index in [-0.39, 0.29) is 6.61 Å². The summed E-state index contributed by atoms with van der Waals surface area (Å²) in [5.41, 5.74) is 3.22. The SMILES string of the molecule is COc1c(C)cnc(COc2ccc(Br)cc2C=O)c1C. The van der Waals surface area contributed by atoms with Gasteiger partial charge in [-0.2, -0.15) is 0 Å². The molecule has 0 radical (unpaired) electrons. The number of ether oxygens (including phenoxy) is 2. The van der Waals surface area contributed by atoms with E-state index in [1.807, 2.05) is 19.9 Å². The van der Waals surface area contributed by atoms with E-state index in [0.717, 1.165) is 33.3 Å². The van der Waals surface area contributed by atoms with Crippen LogP contribution in [0.25, 0.3) is 0 Å². The molecule has 1 heterocycles. The Morgan fingerprint density at radius 3 is 2.76 bits per heavy atom. The first-order valence-corrected chi connectivity index (χ1v) is 7.22. The molecule has 0 spiro atoms. The lowest BCUT2D eigenvalue weighted by atomic mass is 10.1. The molecule has 0 N–H and O–H groups in total. The van der Waals surface area contributed by atoms with Crippen LogP contribution >= 0.6 is 15.9 Å². The maximum atomic E-state index is 11.1. The minimum Gasteiger partial charge on any atom is -0.496 e. The average Bonchev–Trinajstić information content (AvgIpc) is 2.48. The standard InChI is InChI=1S/C16H16BrNO3/c1-10-7-18-14(11(2)16(10)20-3)9-21-15-5-4-13(17)6-12(15)8-19/h4-8H,9H2,1-3H3. The Kier molecular flexibility index (Phi) is 4.96. The highest BCUT2D eigenvalue weighted by atomic mass is 79.9. The molecule has 21 heavy (non-hydrogen) atoms. The van der Waals surface area contributed by atoms with Crippen molar-refractivity contribution in [2.75, 3.05) is 7.11 Å². The molecular weight excluding hydrogens is 334 g/mol. The van der Waals surface area contributed by atoms with Crippen LogP contribution in [-0.4, -0.2) is 18.4 Å². The molecule has 110 valence electrons. The third kappa shape index (κ3) is 3.42.